The van der Waals surface area contributed by atoms with Crippen molar-refractivity contribution in [2.24, 2.45) is 4.99 Å². The second-order valence-corrected chi connectivity index (χ2v) is 8.04. The Morgan fingerprint density at radius 3 is 2.89 bits per heavy atom. The number of hydrogen-bond donors (Lipinski definition) is 2. The molecule has 1 aromatic carbocycles. The molecule has 1 aromatic rings. The molecule has 1 saturated carbocycles. The summed E-state index contributed by atoms with van der Waals surface area (Å²) in [7, 11) is 0. The number of ether oxygens (including phenoxy) is 2. The van der Waals surface area contributed by atoms with Gasteiger partial charge in [0.1, 0.15) is 0 Å². The topological polar surface area (TPSA) is 54.9 Å². The first-order valence-corrected chi connectivity index (χ1v) is 10.5. The van der Waals surface area contributed by atoms with E-state index in [1.165, 1.54) is 18.4 Å². The molecule has 7 heteroatoms. The third kappa shape index (κ3) is 7.18. The molecule has 0 aromatic heterocycles. The van der Waals surface area contributed by atoms with Crippen molar-refractivity contribution < 1.29 is 9.47 Å². The quantitative estimate of drug-likeness (QED) is 0.212. The lowest BCUT2D eigenvalue weighted by molar-refractivity contribution is 0.0420. The largest absolute Gasteiger partial charge is 0.379 e. The molecule has 0 amide bonds. The zero-order valence-corrected chi connectivity index (χ0v) is 19.9. The van der Waals surface area contributed by atoms with Crippen LogP contribution in [0.3, 0.4) is 0 Å². The molecular formula is C20H31BrIN3O2. The van der Waals surface area contributed by atoms with Crippen molar-refractivity contribution >= 4 is 45.9 Å². The zero-order valence-electron chi connectivity index (χ0n) is 16.0. The number of aliphatic imine (C=N–C) groups is 1. The van der Waals surface area contributed by atoms with Crippen molar-refractivity contribution in [3.63, 3.8) is 0 Å². The van der Waals surface area contributed by atoms with Gasteiger partial charge in [-0.25, -0.2) is 0 Å². The molecular weight excluding hydrogens is 521 g/mol. The molecule has 1 saturated heterocycles. The molecule has 1 aliphatic heterocycles. The first-order chi connectivity index (χ1) is 12.7. The minimum absolute atomic E-state index is 0. The lowest BCUT2D eigenvalue weighted by Crippen LogP contribution is -2.38. The number of nitrogens with zero attached hydrogens (tertiary/aromatic N) is 1. The molecule has 2 aliphatic rings. The Labute approximate surface area is 188 Å². The first kappa shape index (κ1) is 22.9. The highest BCUT2D eigenvalue weighted by Gasteiger charge is 2.44. The summed E-state index contributed by atoms with van der Waals surface area (Å²) in [6.45, 7) is 7.00. The maximum Gasteiger partial charge on any atom is 0.191 e. The smallest absolute Gasteiger partial charge is 0.191 e. The van der Waals surface area contributed by atoms with E-state index in [1.54, 1.807) is 0 Å². The third-order valence-corrected chi connectivity index (χ3v) is 5.52. The van der Waals surface area contributed by atoms with Crippen LogP contribution in [-0.4, -0.2) is 51.5 Å². The molecule has 1 atom stereocenters. The normalized spacial score (nSPS) is 20.8. The molecule has 1 unspecified atom stereocenters. The van der Waals surface area contributed by atoms with Crippen LogP contribution in [0.1, 0.15) is 38.2 Å². The van der Waals surface area contributed by atoms with Crippen LogP contribution in [0.15, 0.2) is 33.7 Å². The van der Waals surface area contributed by atoms with Crippen LogP contribution in [0.2, 0.25) is 0 Å². The highest BCUT2D eigenvalue weighted by Crippen LogP contribution is 2.48. The monoisotopic (exact) mass is 551 g/mol. The second kappa shape index (κ2) is 11.6. The summed E-state index contributed by atoms with van der Waals surface area (Å²) in [4.78, 5) is 4.85. The molecule has 0 bridgehead atoms. The molecule has 27 heavy (non-hydrogen) atoms. The molecule has 2 fully saturated rings. The van der Waals surface area contributed by atoms with Gasteiger partial charge in [0.05, 0.1) is 19.3 Å². The van der Waals surface area contributed by atoms with E-state index in [2.05, 4.69) is 57.8 Å². The summed E-state index contributed by atoms with van der Waals surface area (Å²) in [6, 6.07) is 8.64. The molecule has 1 aliphatic carbocycles. The summed E-state index contributed by atoms with van der Waals surface area (Å²) >= 11 is 3.58. The molecule has 152 valence electrons. The summed E-state index contributed by atoms with van der Waals surface area (Å²) < 4.78 is 12.3. The van der Waals surface area contributed by atoms with Gasteiger partial charge in [0.2, 0.25) is 0 Å². The Morgan fingerprint density at radius 1 is 1.37 bits per heavy atom. The minimum atomic E-state index is 0. The van der Waals surface area contributed by atoms with Gasteiger partial charge in [0.15, 0.2) is 5.96 Å². The zero-order chi connectivity index (χ0) is 18.2. The molecule has 3 rings (SSSR count). The highest BCUT2D eigenvalue weighted by atomic mass is 127. The van der Waals surface area contributed by atoms with Crippen molar-refractivity contribution in [1.29, 1.82) is 0 Å². The van der Waals surface area contributed by atoms with E-state index in [9.17, 15) is 0 Å². The average molecular weight is 552 g/mol. The minimum Gasteiger partial charge on any atom is -0.379 e. The van der Waals surface area contributed by atoms with Gasteiger partial charge in [-0.15, -0.1) is 24.0 Å². The van der Waals surface area contributed by atoms with E-state index in [4.69, 9.17) is 14.5 Å². The number of halogens is 2. The molecule has 5 nitrogen and oxygen atoms in total. The van der Waals surface area contributed by atoms with Crippen LogP contribution in [0.5, 0.6) is 0 Å². The van der Waals surface area contributed by atoms with Crippen molar-refractivity contribution in [3.8, 4) is 0 Å². The Hall–Kier alpha value is -0.380. The van der Waals surface area contributed by atoms with E-state index >= 15 is 0 Å². The SMILES string of the molecule is CCNC(=NCC1(c2cccc(Br)c2)CC1)NCCCOC1CCOC1.I. The van der Waals surface area contributed by atoms with Gasteiger partial charge in [0, 0.05) is 36.2 Å². The van der Waals surface area contributed by atoms with Crippen LogP contribution >= 0.6 is 39.9 Å². The number of guanidine groups is 1. The average Bonchev–Trinajstić information content (AvgIpc) is 3.26. The Bertz CT molecular complexity index is 605. The number of hydrogen-bond acceptors (Lipinski definition) is 3. The number of rotatable bonds is 9. The number of nitrogens with one attached hydrogen (secondary N) is 2. The Kier molecular flexibility index (Phi) is 9.82. The summed E-state index contributed by atoms with van der Waals surface area (Å²) in [5, 5.41) is 6.77. The fraction of sp³-hybridized carbons (Fsp3) is 0.650. The van der Waals surface area contributed by atoms with Gasteiger partial charge in [0.25, 0.3) is 0 Å². The summed E-state index contributed by atoms with van der Waals surface area (Å²) in [5.41, 5.74) is 1.61. The maximum absolute atomic E-state index is 5.81. The van der Waals surface area contributed by atoms with E-state index < -0.39 is 0 Å². The van der Waals surface area contributed by atoms with Crippen LogP contribution in [-0.2, 0) is 14.9 Å². The van der Waals surface area contributed by atoms with Gasteiger partial charge >= 0.3 is 0 Å². The maximum atomic E-state index is 5.81. The van der Waals surface area contributed by atoms with Gasteiger partial charge in [-0.05, 0) is 50.3 Å². The van der Waals surface area contributed by atoms with Gasteiger partial charge in [-0.2, -0.15) is 0 Å². The van der Waals surface area contributed by atoms with Crippen molar-refractivity contribution in [2.45, 2.75) is 44.1 Å². The van der Waals surface area contributed by atoms with E-state index in [0.29, 0.717) is 0 Å². The number of benzene rings is 1. The van der Waals surface area contributed by atoms with Crippen LogP contribution in [0.4, 0.5) is 0 Å². The fourth-order valence-corrected chi connectivity index (χ4v) is 3.65. The van der Waals surface area contributed by atoms with E-state index in [0.717, 1.165) is 62.7 Å². The lowest BCUT2D eigenvalue weighted by atomic mass is 9.96. The second-order valence-electron chi connectivity index (χ2n) is 7.12. The fourth-order valence-electron chi connectivity index (χ4n) is 3.25. The molecule has 1 heterocycles. The third-order valence-electron chi connectivity index (χ3n) is 5.03. The van der Waals surface area contributed by atoms with Crippen LogP contribution < -0.4 is 10.6 Å². The summed E-state index contributed by atoms with van der Waals surface area (Å²) in [6.07, 6.45) is 4.71. The van der Waals surface area contributed by atoms with Gasteiger partial charge in [-0.3, -0.25) is 4.99 Å². The first-order valence-electron chi connectivity index (χ1n) is 9.69. The molecule has 0 spiro atoms. The van der Waals surface area contributed by atoms with E-state index in [1.807, 2.05) is 0 Å². The van der Waals surface area contributed by atoms with E-state index in [-0.39, 0.29) is 35.5 Å². The molecule has 0 radical (unpaired) electrons. The van der Waals surface area contributed by atoms with Gasteiger partial charge in [-0.1, -0.05) is 28.1 Å². The Morgan fingerprint density at radius 2 is 2.22 bits per heavy atom. The highest BCUT2D eigenvalue weighted by molar-refractivity contribution is 14.0. The Balaban J connectivity index is 0.00000261. The molecule has 2 N–H and O–H groups in total. The van der Waals surface area contributed by atoms with Crippen molar-refractivity contribution in [1.82, 2.24) is 10.6 Å². The van der Waals surface area contributed by atoms with Crippen LogP contribution in [0.25, 0.3) is 0 Å². The van der Waals surface area contributed by atoms with Crippen molar-refractivity contribution in [2.75, 3.05) is 39.5 Å². The van der Waals surface area contributed by atoms with Crippen molar-refractivity contribution in [3.05, 3.63) is 34.3 Å². The lowest BCUT2D eigenvalue weighted by Gasteiger charge is -2.16. The predicted octanol–water partition coefficient (Wildman–Crippen LogP) is 3.85. The predicted molar refractivity (Wildman–Crippen MR) is 124 cm³/mol. The standard InChI is InChI=1S/C20H30BrN3O2.HI/c1-2-22-19(23-10-4-11-26-18-7-12-25-14-18)24-15-20(8-9-20)16-5-3-6-17(21)13-16;/h3,5-6,13,18H,2,4,7-12,14-15H2,1H3,(H2,22,23,24);1H. The summed E-state index contributed by atoms with van der Waals surface area (Å²) in [5.74, 6) is 0.901. The van der Waals surface area contributed by atoms with Crippen LogP contribution in [0, 0.1) is 0 Å². The van der Waals surface area contributed by atoms with Gasteiger partial charge < -0.3 is 20.1 Å².